The Morgan fingerprint density at radius 1 is 1.43 bits per heavy atom. The van der Waals surface area contributed by atoms with E-state index >= 15 is 0 Å². The molecule has 1 amide bonds. The van der Waals surface area contributed by atoms with Gasteiger partial charge in [-0.1, -0.05) is 12.1 Å². The minimum absolute atomic E-state index is 0.171. The lowest BCUT2D eigenvalue weighted by Crippen LogP contribution is -2.13. The Kier molecular flexibility index (Phi) is 3.88. The molecule has 0 aliphatic carbocycles. The van der Waals surface area contributed by atoms with Crippen molar-refractivity contribution in [2.75, 3.05) is 5.32 Å². The van der Waals surface area contributed by atoms with Crippen LogP contribution in [0.4, 0.5) is 10.3 Å². The molecule has 3 aromatic rings. The van der Waals surface area contributed by atoms with Gasteiger partial charge in [-0.05, 0) is 24.6 Å². The van der Waals surface area contributed by atoms with Gasteiger partial charge < -0.3 is 0 Å². The molecule has 0 fully saturated rings. The molecule has 0 saturated heterocycles. The lowest BCUT2D eigenvalue weighted by atomic mass is 10.1. The van der Waals surface area contributed by atoms with Gasteiger partial charge in [0.15, 0.2) is 0 Å². The Balaban J connectivity index is 1.70. The van der Waals surface area contributed by atoms with Crippen molar-refractivity contribution >= 4 is 11.9 Å². The molecule has 8 heteroatoms. The summed E-state index contributed by atoms with van der Waals surface area (Å²) in [5.41, 5.74) is 1.85. The zero-order chi connectivity index (χ0) is 16.4. The van der Waals surface area contributed by atoms with Crippen LogP contribution in [0.3, 0.4) is 0 Å². The number of hydrogen-bond acceptors (Lipinski definition) is 4. The first kappa shape index (κ1) is 14.9. The second-order valence-electron chi connectivity index (χ2n) is 5.17. The molecular formula is C15H15FN6O. The number of halogens is 1. The quantitative estimate of drug-likeness (QED) is 0.769. The molecular weight excluding hydrogens is 299 g/mol. The molecule has 118 valence electrons. The molecule has 0 unspecified atom stereocenters. The number of aromatic amines is 1. The maximum atomic E-state index is 13.2. The monoisotopic (exact) mass is 314 g/mol. The van der Waals surface area contributed by atoms with Crippen LogP contribution in [0.2, 0.25) is 0 Å². The largest absolute Gasteiger partial charge is 0.289 e. The predicted octanol–water partition coefficient (Wildman–Crippen LogP) is 1.83. The number of benzene rings is 1. The highest BCUT2D eigenvalue weighted by Crippen LogP contribution is 2.11. The van der Waals surface area contributed by atoms with E-state index in [9.17, 15) is 9.18 Å². The van der Waals surface area contributed by atoms with E-state index in [-0.39, 0.29) is 17.7 Å². The van der Waals surface area contributed by atoms with Crippen LogP contribution in [0, 0.1) is 12.7 Å². The van der Waals surface area contributed by atoms with E-state index in [0.29, 0.717) is 23.5 Å². The van der Waals surface area contributed by atoms with Gasteiger partial charge in [0.05, 0.1) is 11.3 Å². The Hall–Kier alpha value is -3.03. The number of carbonyl (C=O) groups is 1. The minimum atomic E-state index is -0.327. The van der Waals surface area contributed by atoms with Crippen LogP contribution in [-0.4, -0.2) is 30.9 Å². The van der Waals surface area contributed by atoms with Gasteiger partial charge in [0.1, 0.15) is 11.6 Å². The summed E-state index contributed by atoms with van der Waals surface area (Å²) in [6.45, 7) is 1.75. The van der Waals surface area contributed by atoms with E-state index in [2.05, 4.69) is 25.6 Å². The standard InChI is InChI=1S/C15H15FN6O/c1-9-12(8-22(2)21-9)14(23)18-15-17-13(19-20-15)7-10-4-3-5-11(16)6-10/h3-6,8H,7H2,1-2H3,(H2,17,18,19,20,23). The smallest absolute Gasteiger partial charge is 0.261 e. The molecule has 7 nitrogen and oxygen atoms in total. The van der Waals surface area contributed by atoms with Gasteiger partial charge in [-0.3, -0.25) is 19.9 Å². The summed E-state index contributed by atoms with van der Waals surface area (Å²) < 4.78 is 14.7. The molecule has 0 atom stereocenters. The number of amides is 1. The molecule has 0 bridgehead atoms. The molecule has 0 aliphatic rings. The van der Waals surface area contributed by atoms with Gasteiger partial charge in [-0.15, -0.1) is 5.10 Å². The molecule has 3 rings (SSSR count). The van der Waals surface area contributed by atoms with Gasteiger partial charge in [-0.25, -0.2) is 4.39 Å². The van der Waals surface area contributed by atoms with Crippen LogP contribution >= 0.6 is 0 Å². The van der Waals surface area contributed by atoms with Crippen molar-refractivity contribution in [2.45, 2.75) is 13.3 Å². The van der Waals surface area contributed by atoms with Crippen molar-refractivity contribution in [1.29, 1.82) is 0 Å². The van der Waals surface area contributed by atoms with Crippen LogP contribution in [0.15, 0.2) is 30.5 Å². The number of anilines is 1. The first-order valence-electron chi connectivity index (χ1n) is 6.98. The Morgan fingerprint density at radius 3 is 2.96 bits per heavy atom. The second-order valence-corrected chi connectivity index (χ2v) is 5.17. The van der Waals surface area contributed by atoms with Gasteiger partial charge >= 0.3 is 0 Å². The molecule has 0 spiro atoms. The van der Waals surface area contributed by atoms with Crippen LogP contribution in [0.5, 0.6) is 0 Å². The van der Waals surface area contributed by atoms with Crippen molar-refractivity contribution in [2.24, 2.45) is 7.05 Å². The van der Waals surface area contributed by atoms with E-state index in [4.69, 9.17) is 0 Å². The fraction of sp³-hybridized carbons (Fsp3) is 0.200. The molecule has 1 aromatic carbocycles. The SMILES string of the molecule is Cc1nn(C)cc1C(=O)Nc1n[nH]c(Cc2cccc(F)c2)n1. The molecule has 0 radical (unpaired) electrons. The number of nitrogens with one attached hydrogen (secondary N) is 2. The number of carbonyl (C=O) groups excluding carboxylic acids is 1. The fourth-order valence-electron chi connectivity index (χ4n) is 2.26. The van der Waals surface area contributed by atoms with Crippen molar-refractivity contribution in [3.63, 3.8) is 0 Å². The van der Waals surface area contributed by atoms with Crippen molar-refractivity contribution < 1.29 is 9.18 Å². The summed E-state index contributed by atoms with van der Waals surface area (Å²) in [7, 11) is 1.74. The highest BCUT2D eigenvalue weighted by atomic mass is 19.1. The maximum Gasteiger partial charge on any atom is 0.261 e. The summed E-state index contributed by atoms with van der Waals surface area (Å²) in [5.74, 6) is 0.0768. The highest BCUT2D eigenvalue weighted by molar-refractivity contribution is 6.03. The molecule has 2 heterocycles. The van der Waals surface area contributed by atoms with E-state index in [1.165, 1.54) is 12.1 Å². The van der Waals surface area contributed by atoms with Crippen LogP contribution in [0.25, 0.3) is 0 Å². The predicted molar refractivity (Wildman–Crippen MR) is 81.5 cm³/mol. The van der Waals surface area contributed by atoms with E-state index in [0.717, 1.165) is 5.56 Å². The number of aromatic nitrogens is 5. The Bertz CT molecular complexity index is 853. The summed E-state index contributed by atoms with van der Waals surface area (Å²) in [6, 6.07) is 6.24. The third-order valence-corrected chi connectivity index (χ3v) is 3.28. The first-order valence-corrected chi connectivity index (χ1v) is 6.98. The van der Waals surface area contributed by atoms with E-state index in [1.54, 1.807) is 37.0 Å². The topological polar surface area (TPSA) is 88.5 Å². The number of hydrogen-bond donors (Lipinski definition) is 2. The molecule has 0 saturated carbocycles. The third kappa shape index (κ3) is 3.42. The number of nitrogens with zero attached hydrogens (tertiary/aromatic N) is 4. The van der Waals surface area contributed by atoms with Gasteiger partial charge in [0, 0.05) is 19.7 Å². The Labute approximate surface area is 131 Å². The number of rotatable bonds is 4. The summed E-state index contributed by atoms with van der Waals surface area (Å²) in [5, 5.41) is 13.4. The molecule has 23 heavy (non-hydrogen) atoms. The zero-order valence-corrected chi connectivity index (χ0v) is 12.7. The molecule has 0 aliphatic heterocycles. The average molecular weight is 314 g/mol. The highest BCUT2D eigenvalue weighted by Gasteiger charge is 2.15. The van der Waals surface area contributed by atoms with Crippen LogP contribution in [0.1, 0.15) is 27.4 Å². The normalized spacial score (nSPS) is 10.7. The minimum Gasteiger partial charge on any atom is -0.289 e. The van der Waals surface area contributed by atoms with Crippen molar-refractivity contribution in [3.8, 4) is 0 Å². The second kappa shape index (κ2) is 5.99. The summed E-state index contributed by atoms with van der Waals surface area (Å²) in [6.07, 6.45) is 2.03. The van der Waals surface area contributed by atoms with E-state index in [1.807, 2.05) is 0 Å². The maximum absolute atomic E-state index is 13.2. The zero-order valence-electron chi connectivity index (χ0n) is 12.7. The average Bonchev–Trinajstić information content (AvgIpc) is 3.05. The van der Waals surface area contributed by atoms with Gasteiger partial charge in [0.2, 0.25) is 5.95 Å². The Morgan fingerprint density at radius 2 is 2.26 bits per heavy atom. The van der Waals surface area contributed by atoms with Crippen LogP contribution in [-0.2, 0) is 13.5 Å². The lowest BCUT2D eigenvalue weighted by molar-refractivity contribution is 0.102. The molecule has 2 N–H and O–H groups in total. The van der Waals surface area contributed by atoms with Crippen molar-refractivity contribution in [3.05, 3.63) is 58.9 Å². The van der Waals surface area contributed by atoms with Crippen molar-refractivity contribution in [1.82, 2.24) is 25.0 Å². The van der Waals surface area contributed by atoms with E-state index < -0.39 is 0 Å². The first-order chi connectivity index (χ1) is 11.0. The number of H-pyrrole nitrogens is 1. The summed E-state index contributed by atoms with van der Waals surface area (Å²) in [4.78, 5) is 16.3. The van der Waals surface area contributed by atoms with Gasteiger partial charge in [0.25, 0.3) is 5.91 Å². The third-order valence-electron chi connectivity index (χ3n) is 3.28. The lowest BCUT2D eigenvalue weighted by Gasteiger charge is -1.99. The van der Waals surface area contributed by atoms with Crippen LogP contribution < -0.4 is 5.32 Å². The molecule has 2 aromatic heterocycles. The van der Waals surface area contributed by atoms with Gasteiger partial charge in [-0.2, -0.15) is 10.1 Å². The summed E-state index contributed by atoms with van der Waals surface area (Å²) >= 11 is 0. The fourth-order valence-corrected chi connectivity index (χ4v) is 2.26. The number of aryl methyl sites for hydroxylation is 2.